The first-order valence-corrected chi connectivity index (χ1v) is 8.06. The maximum Gasteiger partial charge on any atom is 0.401 e. The minimum Gasteiger partial charge on any atom is -0.356 e. The van der Waals surface area contributed by atoms with Crippen molar-refractivity contribution in [1.82, 2.24) is 15.5 Å². The zero-order valence-electron chi connectivity index (χ0n) is 13.8. The molecule has 1 saturated heterocycles. The van der Waals surface area contributed by atoms with Crippen LogP contribution in [0.4, 0.5) is 13.2 Å². The Balaban J connectivity index is 2.21. The number of hydrogen-bond donors (Lipinski definition) is 2. The predicted molar refractivity (Wildman–Crippen MR) is 84.1 cm³/mol. The molecule has 0 aromatic heterocycles. The first-order valence-electron chi connectivity index (χ1n) is 8.06. The van der Waals surface area contributed by atoms with Crippen molar-refractivity contribution in [3.05, 3.63) is 0 Å². The second-order valence-electron chi connectivity index (χ2n) is 6.37. The maximum atomic E-state index is 12.4. The molecule has 0 aromatic rings. The van der Waals surface area contributed by atoms with Crippen molar-refractivity contribution in [3.63, 3.8) is 0 Å². The molecule has 2 N–H and O–H groups in total. The number of alkyl halides is 3. The molecule has 1 unspecified atom stereocenters. The molecule has 1 fully saturated rings. The number of hydrogen-bond acceptors (Lipinski definition) is 2. The van der Waals surface area contributed by atoms with Crippen molar-refractivity contribution < 1.29 is 13.2 Å². The topological polar surface area (TPSA) is 39.7 Å². The third-order valence-electron chi connectivity index (χ3n) is 3.74. The van der Waals surface area contributed by atoms with Gasteiger partial charge in [-0.25, -0.2) is 0 Å². The molecule has 0 amide bonds. The van der Waals surface area contributed by atoms with Crippen LogP contribution in [-0.2, 0) is 0 Å². The summed E-state index contributed by atoms with van der Waals surface area (Å²) in [6, 6.07) is 0.0317. The Morgan fingerprint density at radius 1 is 1.32 bits per heavy atom. The quantitative estimate of drug-likeness (QED) is 0.430. The number of aliphatic imine (C=N–C) groups is 1. The molecule has 1 atom stereocenters. The van der Waals surface area contributed by atoms with E-state index in [0.717, 1.165) is 18.9 Å². The van der Waals surface area contributed by atoms with Crippen molar-refractivity contribution in [2.24, 2.45) is 10.9 Å². The van der Waals surface area contributed by atoms with Crippen LogP contribution in [0.3, 0.4) is 0 Å². The van der Waals surface area contributed by atoms with E-state index in [4.69, 9.17) is 0 Å². The van der Waals surface area contributed by atoms with E-state index in [1.807, 2.05) is 0 Å². The maximum absolute atomic E-state index is 12.4. The van der Waals surface area contributed by atoms with Crippen LogP contribution < -0.4 is 10.6 Å². The molecule has 4 nitrogen and oxygen atoms in total. The predicted octanol–water partition coefficient (Wildman–Crippen LogP) is 2.61. The van der Waals surface area contributed by atoms with Crippen molar-refractivity contribution in [2.75, 3.05) is 33.2 Å². The number of nitrogens with zero attached hydrogens (tertiary/aromatic N) is 2. The van der Waals surface area contributed by atoms with Crippen LogP contribution in [0.2, 0.25) is 0 Å². The summed E-state index contributed by atoms with van der Waals surface area (Å²) < 4.78 is 37.1. The zero-order valence-corrected chi connectivity index (χ0v) is 13.8. The molecule has 1 rings (SSSR count). The van der Waals surface area contributed by atoms with Crippen LogP contribution in [0.5, 0.6) is 0 Å². The third-order valence-corrected chi connectivity index (χ3v) is 3.74. The van der Waals surface area contributed by atoms with Gasteiger partial charge in [0.2, 0.25) is 0 Å². The highest BCUT2D eigenvalue weighted by molar-refractivity contribution is 5.79. The molecular weight excluding hydrogens is 293 g/mol. The summed E-state index contributed by atoms with van der Waals surface area (Å²) in [7, 11) is 1.69. The van der Waals surface area contributed by atoms with Crippen LogP contribution in [0.15, 0.2) is 4.99 Å². The number of halogens is 3. The van der Waals surface area contributed by atoms with E-state index in [-0.39, 0.29) is 6.04 Å². The van der Waals surface area contributed by atoms with E-state index < -0.39 is 12.7 Å². The van der Waals surface area contributed by atoms with Crippen molar-refractivity contribution in [3.8, 4) is 0 Å². The largest absolute Gasteiger partial charge is 0.401 e. The van der Waals surface area contributed by atoms with E-state index in [0.29, 0.717) is 25.5 Å². The normalized spacial score (nSPS) is 20.7. The molecule has 0 saturated carbocycles. The van der Waals surface area contributed by atoms with E-state index in [1.54, 1.807) is 7.05 Å². The Morgan fingerprint density at radius 3 is 2.64 bits per heavy atom. The highest BCUT2D eigenvalue weighted by Crippen LogP contribution is 2.19. The lowest BCUT2D eigenvalue weighted by atomic mass is 10.1. The molecule has 1 heterocycles. The van der Waals surface area contributed by atoms with Gasteiger partial charge in [-0.05, 0) is 18.8 Å². The minimum absolute atomic E-state index is 0.0317. The molecule has 0 spiro atoms. The second-order valence-corrected chi connectivity index (χ2v) is 6.37. The van der Waals surface area contributed by atoms with Gasteiger partial charge in [0.15, 0.2) is 5.96 Å². The van der Waals surface area contributed by atoms with Gasteiger partial charge < -0.3 is 10.6 Å². The van der Waals surface area contributed by atoms with E-state index >= 15 is 0 Å². The summed E-state index contributed by atoms with van der Waals surface area (Å²) in [5, 5.41) is 6.44. The fourth-order valence-corrected chi connectivity index (χ4v) is 2.62. The lowest BCUT2D eigenvalue weighted by Crippen LogP contribution is -2.45. The monoisotopic (exact) mass is 322 g/mol. The summed E-state index contributed by atoms with van der Waals surface area (Å²) in [4.78, 5) is 5.58. The van der Waals surface area contributed by atoms with Gasteiger partial charge in [-0.3, -0.25) is 9.89 Å². The number of guanidine groups is 1. The fourth-order valence-electron chi connectivity index (χ4n) is 2.62. The van der Waals surface area contributed by atoms with Crippen LogP contribution in [0.1, 0.15) is 39.5 Å². The molecule has 1 aliphatic rings. The van der Waals surface area contributed by atoms with Crippen molar-refractivity contribution in [2.45, 2.75) is 51.7 Å². The van der Waals surface area contributed by atoms with Gasteiger partial charge in [-0.1, -0.05) is 26.7 Å². The molecule has 0 radical (unpaired) electrons. The molecule has 1 aliphatic heterocycles. The average molecular weight is 322 g/mol. The lowest BCUT2D eigenvalue weighted by Gasteiger charge is -2.19. The highest BCUT2D eigenvalue weighted by Gasteiger charge is 2.34. The van der Waals surface area contributed by atoms with Crippen LogP contribution in [-0.4, -0.2) is 56.3 Å². The Kier molecular flexibility index (Phi) is 8.00. The highest BCUT2D eigenvalue weighted by atomic mass is 19.4. The lowest BCUT2D eigenvalue weighted by molar-refractivity contribution is -0.143. The molecular formula is C15H29F3N4. The van der Waals surface area contributed by atoms with Crippen LogP contribution in [0.25, 0.3) is 0 Å². The summed E-state index contributed by atoms with van der Waals surface area (Å²) in [6.07, 6.45) is 0.0479. The Labute approximate surface area is 131 Å². The fraction of sp³-hybridized carbons (Fsp3) is 0.933. The van der Waals surface area contributed by atoms with Crippen molar-refractivity contribution >= 4 is 5.96 Å². The van der Waals surface area contributed by atoms with Crippen LogP contribution >= 0.6 is 0 Å². The SMILES string of the molecule is CN=C(NCCCCC(C)C)NC1CCN(CC(F)(F)F)C1. The number of nitrogens with one attached hydrogen (secondary N) is 2. The second kappa shape index (κ2) is 9.22. The summed E-state index contributed by atoms with van der Waals surface area (Å²) in [5.41, 5.74) is 0. The zero-order chi connectivity index (χ0) is 16.6. The summed E-state index contributed by atoms with van der Waals surface area (Å²) in [5.74, 6) is 1.40. The van der Waals surface area contributed by atoms with Gasteiger partial charge in [0.05, 0.1) is 6.54 Å². The van der Waals surface area contributed by atoms with E-state index in [9.17, 15) is 13.2 Å². The van der Waals surface area contributed by atoms with E-state index in [1.165, 1.54) is 17.7 Å². The Morgan fingerprint density at radius 2 is 2.05 bits per heavy atom. The van der Waals surface area contributed by atoms with Gasteiger partial charge in [-0.15, -0.1) is 0 Å². The standard InChI is InChI=1S/C15H29F3N4/c1-12(2)6-4-5-8-20-14(19-3)21-13-7-9-22(10-13)11-15(16,17)18/h12-13H,4-11H2,1-3H3,(H2,19,20,21). The first-order chi connectivity index (χ1) is 10.3. The molecule has 0 aromatic carbocycles. The van der Waals surface area contributed by atoms with Crippen molar-refractivity contribution in [1.29, 1.82) is 0 Å². The molecule has 0 bridgehead atoms. The number of rotatable bonds is 7. The molecule has 0 aliphatic carbocycles. The molecule has 7 heteroatoms. The number of unbranched alkanes of at least 4 members (excludes halogenated alkanes) is 1. The Hall–Kier alpha value is -0.980. The summed E-state index contributed by atoms with van der Waals surface area (Å²) in [6.45, 7) is 5.31. The Bertz CT molecular complexity index is 342. The van der Waals surface area contributed by atoms with E-state index in [2.05, 4.69) is 29.5 Å². The minimum atomic E-state index is -4.12. The molecule has 130 valence electrons. The van der Waals surface area contributed by atoms with Gasteiger partial charge in [-0.2, -0.15) is 13.2 Å². The van der Waals surface area contributed by atoms with Gasteiger partial charge in [0.1, 0.15) is 0 Å². The summed E-state index contributed by atoms with van der Waals surface area (Å²) >= 11 is 0. The van der Waals surface area contributed by atoms with Gasteiger partial charge in [0.25, 0.3) is 0 Å². The first kappa shape index (κ1) is 19.1. The van der Waals surface area contributed by atoms with Gasteiger partial charge in [0, 0.05) is 32.7 Å². The molecule has 22 heavy (non-hydrogen) atoms. The van der Waals surface area contributed by atoms with Gasteiger partial charge >= 0.3 is 6.18 Å². The average Bonchev–Trinajstić information content (AvgIpc) is 2.81. The van der Waals surface area contributed by atoms with Crippen LogP contribution in [0, 0.1) is 5.92 Å². The number of likely N-dealkylation sites (tertiary alicyclic amines) is 1. The third kappa shape index (κ3) is 8.46. The smallest absolute Gasteiger partial charge is 0.356 e.